The van der Waals surface area contributed by atoms with Gasteiger partial charge in [-0.2, -0.15) is 0 Å². The summed E-state index contributed by atoms with van der Waals surface area (Å²) in [6.45, 7) is 0.168. The number of esters is 1. The van der Waals surface area contributed by atoms with Crippen LogP contribution in [0.1, 0.15) is 16.8 Å². The molecule has 0 atom stereocenters. The van der Waals surface area contributed by atoms with Gasteiger partial charge in [-0.15, -0.1) is 0 Å². The second-order valence-corrected chi connectivity index (χ2v) is 3.86. The number of methoxy groups -OCH3 is 1. The third-order valence-corrected chi connectivity index (χ3v) is 2.42. The number of hydrogen-bond acceptors (Lipinski definition) is 4. The molecule has 0 aliphatic carbocycles. The zero-order chi connectivity index (χ0) is 12.8. The van der Waals surface area contributed by atoms with Gasteiger partial charge in [-0.25, -0.2) is 4.98 Å². The van der Waals surface area contributed by atoms with E-state index < -0.39 is 11.9 Å². The maximum absolute atomic E-state index is 11.7. The van der Waals surface area contributed by atoms with Gasteiger partial charge in [0.2, 0.25) is 0 Å². The number of pyridine rings is 1. The fraction of sp³-hybridized carbons (Fsp3) is 0.300. The fourth-order valence-electron chi connectivity index (χ4n) is 1.06. The summed E-state index contributed by atoms with van der Waals surface area (Å²) in [5.74, 6) is -0.813. The van der Waals surface area contributed by atoms with Gasteiger partial charge in [-0.1, -0.05) is 23.2 Å². The number of nitrogens with one attached hydrogen (secondary N) is 1. The number of carbonyl (C=O) groups excluding carboxylic acids is 2. The van der Waals surface area contributed by atoms with Gasteiger partial charge >= 0.3 is 5.97 Å². The third kappa shape index (κ3) is 4.20. The van der Waals surface area contributed by atoms with Gasteiger partial charge < -0.3 is 10.1 Å². The number of hydrogen-bond donors (Lipinski definition) is 1. The minimum absolute atomic E-state index is 0.0959. The molecule has 1 N–H and O–H groups in total. The highest BCUT2D eigenvalue weighted by molar-refractivity contribution is 6.35. The van der Waals surface area contributed by atoms with Crippen LogP contribution < -0.4 is 5.32 Å². The Hall–Kier alpha value is -1.33. The van der Waals surface area contributed by atoms with E-state index in [1.54, 1.807) is 0 Å². The molecule has 0 saturated carbocycles. The number of carbonyl (C=O) groups is 2. The molecule has 1 aromatic rings. The van der Waals surface area contributed by atoms with Crippen LogP contribution in [-0.2, 0) is 9.53 Å². The highest BCUT2D eigenvalue weighted by Crippen LogP contribution is 2.17. The molecule has 0 spiro atoms. The Bertz CT molecular complexity index is 438. The van der Waals surface area contributed by atoms with Crippen molar-refractivity contribution in [3.63, 3.8) is 0 Å². The zero-order valence-corrected chi connectivity index (χ0v) is 10.5. The number of aromatic nitrogens is 1. The molecule has 1 heterocycles. The molecular weight excluding hydrogens is 267 g/mol. The molecule has 0 radical (unpaired) electrons. The predicted molar refractivity (Wildman–Crippen MR) is 63.2 cm³/mol. The standard InChI is InChI=1S/C10H10Cl2N2O3/c1-17-9(15)2-3-13-10(16)6-4-8(12)14-5-7(6)11/h4-5H,2-3H2,1H3,(H,13,16). The zero-order valence-electron chi connectivity index (χ0n) is 9.00. The van der Waals surface area contributed by atoms with Gasteiger partial charge in [0.05, 0.1) is 24.1 Å². The molecule has 1 aromatic heterocycles. The van der Waals surface area contributed by atoms with Crippen LogP contribution in [0, 0.1) is 0 Å². The maximum atomic E-state index is 11.7. The van der Waals surface area contributed by atoms with E-state index >= 15 is 0 Å². The predicted octanol–water partition coefficient (Wildman–Crippen LogP) is 1.68. The van der Waals surface area contributed by atoms with Crippen molar-refractivity contribution in [2.75, 3.05) is 13.7 Å². The van der Waals surface area contributed by atoms with Gasteiger partial charge in [0.15, 0.2) is 0 Å². The van der Waals surface area contributed by atoms with Crippen LogP contribution in [0.5, 0.6) is 0 Å². The van der Waals surface area contributed by atoms with Gasteiger partial charge in [0.1, 0.15) is 5.15 Å². The van der Waals surface area contributed by atoms with Crippen LogP contribution >= 0.6 is 23.2 Å². The van der Waals surface area contributed by atoms with Crippen molar-refractivity contribution in [2.24, 2.45) is 0 Å². The number of nitrogens with zero attached hydrogens (tertiary/aromatic N) is 1. The molecule has 0 unspecified atom stereocenters. The van der Waals surface area contributed by atoms with E-state index in [-0.39, 0.29) is 28.7 Å². The summed E-state index contributed by atoms with van der Waals surface area (Å²) in [5, 5.41) is 2.89. The first kappa shape index (κ1) is 13.7. The summed E-state index contributed by atoms with van der Waals surface area (Å²) < 4.78 is 4.43. The summed E-state index contributed by atoms with van der Waals surface area (Å²) in [4.78, 5) is 26.2. The Kier molecular flexibility index (Phi) is 5.18. The summed E-state index contributed by atoms with van der Waals surface area (Å²) >= 11 is 11.4. The molecule has 1 amide bonds. The lowest BCUT2D eigenvalue weighted by Crippen LogP contribution is -2.26. The van der Waals surface area contributed by atoms with E-state index in [0.717, 1.165) is 0 Å². The molecular formula is C10H10Cl2N2O3. The Morgan fingerprint density at radius 1 is 1.47 bits per heavy atom. The minimum Gasteiger partial charge on any atom is -0.469 e. The van der Waals surface area contributed by atoms with E-state index in [2.05, 4.69) is 15.0 Å². The van der Waals surface area contributed by atoms with Crippen LogP contribution in [0.4, 0.5) is 0 Å². The molecule has 0 aromatic carbocycles. The summed E-state index contributed by atoms with van der Waals surface area (Å²) in [7, 11) is 1.28. The minimum atomic E-state index is -0.414. The molecule has 17 heavy (non-hydrogen) atoms. The lowest BCUT2D eigenvalue weighted by Gasteiger charge is -2.06. The van der Waals surface area contributed by atoms with Crippen molar-refractivity contribution in [1.29, 1.82) is 0 Å². The Morgan fingerprint density at radius 2 is 2.18 bits per heavy atom. The highest BCUT2D eigenvalue weighted by atomic mass is 35.5. The lowest BCUT2D eigenvalue weighted by atomic mass is 10.2. The van der Waals surface area contributed by atoms with Crippen molar-refractivity contribution >= 4 is 35.1 Å². The van der Waals surface area contributed by atoms with Crippen LogP contribution in [0.2, 0.25) is 10.2 Å². The number of halogens is 2. The summed E-state index contributed by atoms with van der Waals surface area (Å²) in [6.07, 6.45) is 1.39. The van der Waals surface area contributed by atoms with Crippen molar-refractivity contribution in [1.82, 2.24) is 10.3 Å². The summed E-state index contributed by atoms with van der Waals surface area (Å²) in [5.41, 5.74) is 0.219. The highest BCUT2D eigenvalue weighted by Gasteiger charge is 2.11. The topological polar surface area (TPSA) is 68.3 Å². The van der Waals surface area contributed by atoms with Gasteiger partial charge in [-0.3, -0.25) is 9.59 Å². The normalized spacial score (nSPS) is 9.82. The number of rotatable bonds is 4. The molecule has 0 saturated heterocycles. The Morgan fingerprint density at radius 3 is 2.82 bits per heavy atom. The van der Waals surface area contributed by atoms with Crippen molar-refractivity contribution in [3.8, 4) is 0 Å². The van der Waals surface area contributed by atoms with Crippen LogP contribution in [0.25, 0.3) is 0 Å². The van der Waals surface area contributed by atoms with Gasteiger partial charge in [0, 0.05) is 12.7 Å². The fourth-order valence-corrected chi connectivity index (χ4v) is 1.41. The number of amides is 1. The van der Waals surface area contributed by atoms with E-state index in [4.69, 9.17) is 23.2 Å². The second-order valence-electron chi connectivity index (χ2n) is 3.07. The van der Waals surface area contributed by atoms with Gasteiger partial charge in [-0.05, 0) is 6.07 Å². The van der Waals surface area contributed by atoms with Crippen molar-refractivity contribution < 1.29 is 14.3 Å². The van der Waals surface area contributed by atoms with Crippen molar-refractivity contribution in [3.05, 3.63) is 28.0 Å². The molecule has 0 aliphatic heterocycles. The molecule has 5 nitrogen and oxygen atoms in total. The Labute approximate surface area is 108 Å². The smallest absolute Gasteiger partial charge is 0.307 e. The first-order valence-corrected chi connectivity index (χ1v) is 5.46. The first-order valence-electron chi connectivity index (χ1n) is 4.70. The van der Waals surface area contributed by atoms with E-state index in [1.165, 1.54) is 19.4 Å². The molecule has 0 fully saturated rings. The SMILES string of the molecule is COC(=O)CCNC(=O)c1cc(Cl)ncc1Cl. The Balaban J connectivity index is 2.58. The summed E-state index contributed by atoms with van der Waals surface area (Å²) in [6, 6.07) is 1.36. The quantitative estimate of drug-likeness (QED) is 0.671. The first-order chi connectivity index (χ1) is 8.04. The maximum Gasteiger partial charge on any atom is 0.307 e. The third-order valence-electron chi connectivity index (χ3n) is 1.91. The molecule has 92 valence electrons. The molecule has 1 rings (SSSR count). The van der Waals surface area contributed by atoms with Crippen molar-refractivity contribution in [2.45, 2.75) is 6.42 Å². The molecule has 7 heteroatoms. The lowest BCUT2D eigenvalue weighted by molar-refractivity contribution is -0.140. The van der Waals surface area contributed by atoms with Crippen LogP contribution in [0.15, 0.2) is 12.3 Å². The average Bonchev–Trinajstić information content (AvgIpc) is 2.31. The van der Waals surface area contributed by atoms with E-state index in [1.807, 2.05) is 0 Å². The molecule has 0 bridgehead atoms. The van der Waals surface area contributed by atoms with Crippen LogP contribution in [0.3, 0.4) is 0 Å². The number of ether oxygens (including phenoxy) is 1. The van der Waals surface area contributed by atoms with E-state index in [0.29, 0.717) is 0 Å². The van der Waals surface area contributed by atoms with Gasteiger partial charge in [0.25, 0.3) is 5.91 Å². The van der Waals surface area contributed by atoms with E-state index in [9.17, 15) is 9.59 Å². The largest absolute Gasteiger partial charge is 0.469 e. The monoisotopic (exact) mass is 276 g/mol. The average molecular weight is 277 g/mol. The van der Waals surface area contributed by atoms with Crippen LogP contribution in [-0.4, -0.2) is 30.5 Å². The molecule has 0 aliphatic rings. The second kappa shape index (κ2) is 6.42.